The number of hydrogen-bond acceptors (Lipinski definition) is 5. The van der Waals surface area contributed by atoms with E-state index in [2.05, 4.69) is 10.1 Å². The smallest absolute Gasteiger partial charge is 0.209 e. The normalized spacial score (nSPS) is 11.9. The summed E-state index contributed by atoms with van der Waals surface area (Å²) in [7, 11) is 1.61. The summed E-state index contributed by atoms with van der Waals surface area (Å²) < 4.78 is 6.85. The fourth-order valence-corrected chi connectivity index (χ4v) is 3.31. The van der Waals surface area contributed by atoms with Crippen LogP contribution in [0.5, 0.6) is 5.75 Å². The molecule has 0 bridgehead atoms. The van der Waals surface area contributed by atoms with E-state index in [4.69, 9.17) is 4.74 Å². The first-order valence-corrected chi connectivity index (χ1v) is 8.91. The lowest BCUT2D eigenvalue weighted by molar-refractivity contribution is 0.0988. The Morgan fingerprint density at radius 2 is 1.88 bits per heavy atom. The molecule has 0 spiro atoms. The van der Waals surface area contributed by atoms with Crippen LogP contribution in [0.15, 0.2) is 66.1 Å². The molecule has 6 heteroatoms. The van der Waals surface area contributed by atoms with Gasteiger partial charge in [0, 0.05) is 5.56 Å². The van der Waals surface area contributed by atoms with Gasteiger partial charge < -0.3 is 4.74 Å². The van der Waals surface area contributed by atoms with E-state index in [-0.39, 0.29) is 11.0 Å². The van der Waals surface area contributed by atoms with Crippen LogP contribution in [0.4, 0.5) is 0 Å². The third-order valence-corrected chi connectivity index (χ3v) is 5.01. The zero-order valence-electron chi connectivity index (χ0n) is 14.1. The number of rotatable bonds is 7. The van der Waals surface area contributed by atoms with E-state index in [1.54, 1.807) is 42.4 Å². The van der Waals surface area contributed by atoms with Gasteiger partial charge in [-0.05, 0) is 42.8 Å². The quantitative estimate of drug-likeness (QED) is 0.474. The van der Waals surface area contributed by atoms with Gasteiger partial charge in [0.25, 0.3) is 0 Å². The maximum atomic E-state index is 12.7. The standard InChI is InChI=1S/C19H19N3O2S/c1-3-17(18(23)14-9-11-16(24-2)12-10-14)25-19-20-13-22(21-19)15-7-5-4-6-8-15/h4-13,17H,3H2,1-2H3. The molecule has 0 aliphatic rings. The molecule has 1 heterocycles. The zero-order valence-corrected chi connectivity index (χ0v) is 14.9. The van der Waals surface area contributed by atoms with Gasteiger partial charge >= 0.3 is 0 Å². The average molecular weight is 353 g/mol. The average Bonchev–Trinajstić information content (AvgIpc) is 3.15. The first-order chi connectivity index (χ1) is 12.2. The van der Waals surface area contributed by atoms with Crippen LogP contribution < -0.4 is 4.74 Å². The van der Waals surface area contributed by atoms with E-state index in [9.17, 15) is 4.79 Å². The first-order valence-electron chi connectivity index (χ1n) is 8.03. The van der Waals surface area contributed by atoms with Gasteiger partial charge in [0.15, 0.2) is 5.78 Å². The number of ether oxygens (including phenoxy) is 1. The summed E-state index contributed by atoms with van der Waals surface area (Å²) in [5, 5.41) is 4.84. The second-order valence-corrected chi connectivity index (χ2v) is 6.58. The highest BCUT2D eigenvalue weighted by Crippen LogP contribution is 2.26. The molecule has 3 rings (SSSR count). The van der Waals surface area contributed by atoms with Gasteiger partial charge in [0.2, 0.25) is 5.16 Å². The molecule has 5 nitrogen and oxygen atoms in total. The zero-order chi connectivity index (χ0) is 17.6. The lowest BCUT2D eigenvalue weighted by Crippen LogP contribution is -2.16. The molecule has 0 saturated carbocycles. The Morgan fingerprint density at radius 1 is 1.16 bits per heavy atom. The topological polar surface area (TPSA) is 57.0 Å². The van der Waals surface area contributed by atoms with Gasteiger partial charge in [-0.25, -0.2) is 9.67 Å². The predicted octanol–water partition coefficient (Wildman–Crippen LogP) is 4.03. The van der Waals surface area contributed by atoms with Crippen LogP contribution in [0.2, 0.25) is 0 Å². The Morgan fingerprint density at radius 3 is 2.52 bits per heavy atom. The Labute approximate surface area is 151 Å². The second-order valence-electron chi connectivity index (χ2n) is 5.41. The molecule has 0 amide bonds. The van der Waals surface area contributed by atoms with E-state index < -0.39 is 0 Å². The summed E-state index contributed by atoms with van der Waals surface area (Å²) in [4.78, 5) is 17.1. The summed E-state index contributed by atoms with van der Waals surface area (Å²) in [5.41, 5.74) is 1.61. The fourth-order valence-electron chi connectivity index (χ4n) is 2.40. The molecule has 2 aromatic carbocycles. The van der Waals surface area contributed by atoms with Crippen LogP contribution in [-0.2, 0) is 0 Å². The number of Topliss-reactive ketones (excluding diaryl/α,β-unsaturated/α-hetero) is 1. The molecule has 0 radical (unpaired) electrons. The van der Waals surface area contributed by atoms with Crippen molar-refractivity contribution < 1.29 is 9.53 Å². The van der Waals surface area contributed by atoms with Gasteiger partial charge in [0.05, 0.1) is 18.0 Å². The number of thioether (sulfide) groups is 1. The fraction of sp³-hybridized carbons (Fsp3) is 0.211. The van der Waals surface area contributed by atoms with Gasteiger partial charge in [-0.3, -0.25) is 4.79 Å². The number of hydrogen-bond donors (Lipinski definition) is 0. The van der Waals surface area contributed by atoms with E-state index in [0.717, 1.165) is 11.4 Å². The summed E-state index contributed by atoms with van der Waals surface area (Å²) in [6, 6.07) is 17.0. The van der Waals surface area contributed by atoms with Crippen LogP contribution in [0.1, 0.15) is 23.7 Å². The highest BCUT2D eigenvalue weighted by Gasteiger charge is 2.21. The van der Waals surface area contributed by atoms with Gasteiger partial charge in [0.1, 0.15) is 12.1 Å². The summed E-state index contributed by atoms with van der Waals surface area (Å²) >= 11 is 1.39. The predicted molar refractivity (Wildman–Crippen MR) is 98.6 cm³/mol. The molecule has 25 heavy (non-hydrogen) atoms. The van der Waals surface area contributed by atoms with E-state index in [1.807, 2.05) is 37.3 Å². The number of benzene rings is 2. The minimum atomic E-state index is -0.222. The molecule has 128 valence electrons. The third kappa shape index (κ3) is 4.09. The van der Waals surface area contributed by atoms with Crippen molar-refractivity contribution in [1.29, 1.82) is 0 Å². The van der Waals surface area contributed by atoms with E-state index >= 15 is 0 Å². The van der Waals surface area contributed by atoms with Crippen molar-refractivity contribution in [3.05, 3.63) is 66.5 Å². The minimum absolute atomic E-state index is 0.0752. The SMILES string of the molecule is CCC(Sc1ncn(-c2ccccc2)n1)C(=O)c1ccc(OC)cc1. The van der Waals surface area contributed by atoms with Gasteiger partial charge in [-0.2, -0.15) is 0 Å². The highest BCUT2D eigenvalue weighted by molar-refractivity contribution is 8.00. The van der Waals surface area contributed by atoms with Crippen molar-refractivity contribution in [2.45, 2.75) is 23.8 Å². The van der Waals surface area contributed by atoms with Crippen molar-refractivity contribution in [1.82, 2.24) is 14.8 Å². The van der Waals surface area contributed by atoms with Crippen molar-refractivity contribution in [3.8, 4) is 11.4 Å². The summed E-state index contributed by atoms with van der Waals surface area (Å²) in [6.45, 7) is 1.99. The number of methoxy groups -OCH3 is 1. The number of aromatic nitrogens is 3. The van der Waals surface area contributed by atoms with Gasteiger partial charge in [-0.15, -0.1) is 5.10 Å². The molecular formula is C19H19N3O2S. The van der Waals surface area contributed by atoms with Gasteiger partial charge in [-0.1, -0.05) is 36.9 Å². The van der Waals surface area contributed by atoms with Crippen LogP contribution in [0, 0.1) is 0 Å². The molecule has 0 fully saturated rings. The maximum absolute atomic E-state index is 12.7. The highest BCUT2D eigenvalue weighted by atomic mass is 32.2. The number of carbonyl (C=O) groups is 1. The van der Waals surface area contributed by atoms with Crippen molar-refractivity contribution >= 4 is 17.5 Å². The number of nitrogens with zero attached hydrogens (tertiary/aromatic N) is 3. The molecule has 1 unspecified atom stereocenters. The summed E-state index contributed by atoms with van der Waals surface area (Å²) in [5.74, 6) is 0.812. The lowest BCUT2D eigenvalue weighted by atomic mass is 10.1. The number of ketones is 1. The Bertz CT molecular complexity index is 831. The monoisotopic (exact) mass is 353 g/mol. The van der Waals surface area contributed by atoms with Crippen molar-refractivity contribution in [2.75, 3.05) is 7.11 Å². The van der Waals surface area contributed by atoms with E-state index in [1.165, 1.54) is 11.8 Å². The first kappa shape index (κ1) is 17.2. The number of carbonyl (C=O) groups excluding carboxylic acids is 1. The lowest BCUT2D eigenvalue weighted by Gasteiger charge is -2.11. The van der Waals surface area contributed by atoms with Crippen LogP contribution in [-0.4, -0.2) is 32.9 Å². The summed E-state index contributed by atoms with van der Waals surface area (Å²) in [6.07, 6.45) is 2.37. The maximum Gasteiger partial charge on any atom is 0.209 e. The third-order valence-electron chi connectivity index (χ3n) is 3.78. The number of para-hydroxylation sites is 1. The van der Waals surface area contributed by atoms with Crippen molar-refractivity contribution in [2.24, 2.45) is 0 Å². The van der Waals surface area contributed by atoms with Crippen LogP contribution >= 0.6 is 11.8 Å². The molecule has 1 atom stereocenters. The molecule has 0 saturated heterocycles. The molecule has 1 aromatic heterocycles. The minimum Gasteiger partial charge on any atom is -0.497 e. The molecule has 0 aliphatic heterocycles. The molecule has 0 aliphatic carbocycles. The van der Waals surface area contributed by atoms with Crippen LogP contribution in [0.25, 0.3) is 5.69 Å². The Kier molecular flexibility index (Phi) is 5.50. The second kappa shape index (κ2) is 7.98. The van der Waals surface area contributed by atoms with Crippen molar-refractivity contribution in [3.63, 3.8) is 0 Å². The van der Waals surface area contributed by atoms with E-state index in [0.29, 0.717) is 17.1 Å². The molecule has 0 N–H and O–H groups in total. The Hall–Kier alpha value is -2.60. The van der Waals surface area contributed by atoms with Crippen LogP contribution in [0.3, 0.4) is 0 Å². The largest absolute Gasteiger partial charge is 0.497 e. The Balaban J connectivity index is 1.73. The molecule has 3 aromatic rings. The molecular weight excluding hydrogens is 334 g/mol.